The van der Waals surface area contributed by atoms with Crippen LogP contribution in [-0.4, -0.2) is 57.2 Å². The van der Waals surface area contributed by atoms with E-state index in [9.17, 15) is 13.3 Å². The smallest absolute Gasteiger partial charge is 0.394 e. The van der Waals surface area contributed by atoms with Crippen molar-refractivity contribution in [3.8, 4) is 0 Å². The first-order chi connectivity index (χ1) is 9.47. The number of hydrogen-bond acceptors (Lipinski definition) is 7. The van der Waals surface area contributed by atoms with E-state index in [4.69, 9.17) is 19.3 Å². The average molecular weight is 308 g/mol. The zero-order valence-corrected chi connectivity index (χ0v) is 11.4. The van der Waals surface area contributed by atoms with E-state index in [0.717, 1.165) is 7.11 Å². The fourth-order valence-electron chi connectivity index (χ4n) is 1.41. The maximum atomic E-state index is 12.9. The maximum Gasteiger partial charge on any atom is 0.405 e. The minimum Gasteiger partial charge on any atom is -0.394 e. The van der Waals surface area contributed by atoms with Crippen LogP contribution in [0.5, 0.6) is 0 Å². The lowest BCUT2D eigenvalue weighted by molar-refractivity contribution is -0.601. The summed E-state index contributed by atoms with van der Waals surface area (Å²) in [5.41, 5.74) is 0. The van der Waals surface area contributed by atoms with Crippen molar-refractivity contribution < 1.29 is 47.0 Å². The summed E-state index contributed by atoms with van der Waals surface area (Å²) in [6.07, 6.45) is 0. The molecule has 0 heterocycles. The Labute approximate surface area is 114 Å². The molecule has 0 saturated heterocycles. The second-order valence-corrected chi connectivity index (χ2v) is 3.21. The molecule has 0 aromatic heterocycles. The SMILES string of the molecule is CCOC(OCC)(OCCO)C(OC)(OF)OC(F)F. The second-order valence-electron chi connectivity index (χ2n) is 3.21. The molecule has 0 bridgehead atoms. The summed E-state index contributed by atoms with van der Waals surface area (Å²) in [7, 11) is 0.830. The Balaban J connectivity index is 5.55. The Morgan fingerprint density at radius 2 is 1.60 bits per heavy atom. The number of aliphatic hydroxyl groups is 1. The molecule has 0 saturated carbocycles. The molecule has 122 valence electrons. The normalized spacial score (nSPS) is 15.6. The van der Waals surface area contributed by atoms with Gasteiger partial charge in [-0.05, 0) is 18.4 Å². The molecule has 7 nitrogen and oxygen atoms in total. The van der Waals surface area contributed by atoms with Crippen LogP contribution in [0.3, 0.4) is 0 Å². The lowest BCUT2D eigenvalue weighted by Gasteiger charge is -2.42. The zero-order chi connectivity index (χ0) is 15.6. The van der Waals surface area contributed by atoms with Crippen molar-refractivity contribution in [2.45, 2.75) is 32.4 Å². The van der Waals surface area contributed by atoms with Gasteiger partial charge in [0.2, 0.25) is 0 Å². The Morgan fingerprint density at radius 1 is 1.05 bits per heavy atom. The second kappa shape index (κ2) is 9.45. The molecule has 0 amide bonds. The fraction of sp³-hybridized carbons (Fsp3) is 1.00. The first-order valence-electron chi connectivity index (χ1n) is 5.81. The summed E-state index contributed by atoms with van der Waals surface area (Å²) in [6.45, 7) is -1.74. The van der Waals surface area contributed by atoms with E-state index in [2.05, 4.69) is 14.4 Å². The van der Waals surface area contributed by atoms with Gasteiger partial charge in [-0.1, -0.05) is 0 Å². The number of aliphatic hydroxyl groups excluding tert-OH is 1. The van der Waals surface area contributed by atoms with E-state index in [0.29, 0.717) is 0 Å². The van der Waals surface area contributed by atoms with Crippen LogP contribution in [0.25, 0.3) is 0 Å². The zero-order valence-electron chi connectivity index (χ0n) is 11.4. The first kappa shape index (κ1) is 19.5. The molecule has 0 spiro atoms. The quantitative estimate of drug-likeness (QED) is 0.542. The molecule has 0 aliphatic rings. The molecule has 0 fully saturated rings. The molecule has 0 aliphatic carbocycles. The van der Waals surface area contributed by atoms with Gasteiger partial charge in [-0.3, -0.25) is 4.74 Å². The molecule has 0 aromatic carbocycles. The summed E-state index contributed by atoms with van der Waals surface area (Å²) < 4.78 is 61.3. The predicted octanol–water partition coefficient (Wildman–Crippen LogP) is 1.16. The molecule has 10 heteroatoms. The molecular weight excluding hydrogens is 289 g/mol. The minimum atomic E-state index is -3.47. The monoisotopic (exact) mass is 308 g/mol. The third-order valence-electron chi connectivity index (χ3n) is 2.04. The average Bonchev–Trinajstić information content (AvgIpc) is 2.42. The van der Waals surface area contributed by atoms with Crippen LogP contribution in [0.4, 0.5) is 13.3 Å². The lowest BCUT2D eigenvalue weighted by atomic mass is 10.4. The molecule has 20 heavy (non-hydrogen) atoms. The van der Waals surface area contributed by atoms with Gasteiger partial charge in [-0.15, -0.1) is 4.94 Å². The van der Waals surface area contributed by atoms with Crippen LogP contribution in [0.2, 0.25) is 0 Å². The molecule has 1 N–H and O–H groups in total. The fourth-order valence-corrected chi connectivity index (χ4v) is 1.41. The van der Waals surface area contributed by atoms with Crippen molar-refractivity contribution in [1.82, 2.24) is 0 Å². The number of ether oxygens (including phenoxy) is 5. The number of methoxy groups -OCH3 is 1. The van der Waals surface area contributed by atoms with Gasteiger partial charge in [0, 0.05) is 20.3 Å². The van der Waals surface area contributed by atoms with Gasteiger partial charge in [0.1, 0.15) is 0 Å². The van der Waals surface area contributed by atoms with Crippen LogP contribution in [0, 0.1) is 0 Å². The van der Waals surface area contributed by atoms with E-state index in [-0.39, 0.29) is 13.2 Å². The van der Waals surface area contributed by atoms with Gasteiger partial charge in [-0.2, -0.15) is 8.78 Å². The van der Waals surface area contributed by atoms with Crippen LogP contribution >= 0.6 is 0 Å². The highest BCUT2D eigenvalue weighted by molar-refractivity contribution is 4.73. The van der Waals surface area contributed by atoms with Gasteiger partial charge in [0.25, 0.3) is 0 Å². The van der Waals surface area contributed by atoms with E-state index in [1.807, 2.05) is 0 Å². The van der Waals surface area contributed by atoms with Crippen LogP contribution in [0.15, 0.2) is 0 Å². The third kappa shape index (κ3) is 4.52. The van der Waals surface area contributed by atoms with Gasteiger partial charge in [0.05, 0.1) is 13.2 Å². The standard InChI is InChI=1S/C10H19F3O7/c1-4-16-10(17-5-2,18-7-6-14)9(15-3,20-13)19-8(11)12/h8,14H,4-7H2,1-3H3. The van der Waals surface area contributed by atoms with Gasteiger partial charge >= 0.3 is 18.6 Å². The number of alkyl halides is 2. The van der Waals surface area contributed by atoms with Crippen molar-refractivity contribution in [1.29, 1.82) is 0 Å². The molecule has 0 aromatic rings. The van der Waals surface area contributed by atoms with E-state index >= 15 is 0 Å². The van der Waals surface area contributed by atoms with E-state index in [1.54, 1.807) is 0 Å². The Hall–Kier alpha value is -0.490. The lowest BCUT2D eigenvalue weighted by Crippen LogP contribution is -2.63. The molecule has 0 aliphatic heterocycles. The van der Waals surface area contributed by atoms with E-state index < -0.39 is 31.8 Å². The molecule has 0 rings (SSSR count). The minimum absolute atomic E-state index is 0.132. The third-order valence-corrected chi connectivity index (χ3v) is 2.04. The van der Waals surface area contributed by atoms with Gasteiger partial charge < -0.3 is 24.1 Å². The van der Waals surface area contributed by atoms with Gasteiger partial charge in [0.15, 0.2) is 0 Å². The van der Waals surface area contributed by atoms with Gasteiger partial charge in [-0.25, -0.2) is 0 Å². The van der Waals surface area contributed by atoms with Crippen molar-refractivity contribution in [3.05, 3.63) is 0 Å². The van der Waals surface area contributed by atoms with Crippen molar-refractivity contribution in [2.75, 3.05) is 33.5 Å². The highest BCUT2D eigenvalue weighted by atomic mass is 19.3. The summed E-state index contributed by atoms with van der Waals surface area (Å²) in [5.74, 6) is -5.71. The summed E-state index contributed by atoms with van der Waals surface area (Å²) in [4.78, 5) is 3.38. The Morgan fingerprint density at radius 3 is 1.90 bits per heavy atom. The molecule has 1 atom stereocenters. The molecule has 0 radical (unpaired) electrons. The highest BCUT2D eigenvalue weighted by Crippen LogP contribution is 2.37. The predicted molar refractivity (Wildman–Crippen MR) is 58.0 cm³/mol. The summed E-state index contributed by atoms with van der Waals surface area (Å²) >= 11 is 0. The number of rotatable bonds is 12. The summed E-state index contributed by atoms with van der Waals surface area (Å²) in [5, 5.41) is 8.76. The van der Waals surface area contributed by atoms with Crippen LogP contribution < -0.4 is 0 Å². The van der Waals surface area contributed by atoms with Crippen molar-refractivity contribution >= 4 is 0 Å². The summed E-state index contributed by atoms with van der Waals surface area (Å²) in [6, 6.07) is 0. The maximum absolute atomic E-state index is 12.9. The highest BCUT2D eigenvalue weighted by Gasteiger charge is 2.63. The number of hydrogen-bond donors (Lipinski definition) is 1. The van der Waals surface area contributed by atoms with Crippen LogP contribution in [0.1, 0.15) is 13.8 Å². The molecule has 1 unspecified atom stereocenters. The largest absolute Gasteiger partial charge is 0.405 e. The Kier molecular flexibility index (Phi) is 9.22. The number of halogens is 3. The molecular formula is C10H19F3O7. The topological polar surface area (TPSA) is 75.6 Å². The van der Waals surface area contributed by atoms with Crippen molar-refractivity contribution in [2.24, 2.45) is 0 Å². The Bertz CT molecular complexity index is 245. The van der Waals surface area contributed by atoms with Crippen LogP contribution in [-0.2, 0) is 28.6 Å². The van der Waals surface area contributed by atoms with E-state index in [1.165, 1.54) is 13.8 Å². The first-order valence-corrected chi connectivity index (χ1v) is 5.81. The van der Waals surface area contributed by atoms with Crippen molar-refractivity contribution in [3.63, 3.8) is 0 Å².